The molecule has 1 heterocycles. The lowest BCUT2D eigenvalue weighted by molar-refractivity contribution is -0.385. The van der Waals surface area contributed by atoms with Crippen molar-refractivity contribution in [1.82, 2.24) is 0 Å². The average Bonchev–Trinajstić information content (AvgIpc) is 2.45. The Bertz CT molecular complexity index is 879. The summed E-state index contributed by atoms with van der Waals surface area (Å²) in [5.41, 5.74) is -0.570. The van der Waals surface area contributed by atoms with E-state index in [0.717, 1.165) is 6.08 Å². The van der Waals surface area contributed by atoms with Gasteiger partial charge >= 0.3 is 5.63 Å². The lowest BCUT2D eigenvalue weighted by Gasteiger charge is -2.00. The molecule has 0 aliphatic rings. The lowest BCUT2D eigenvalue weighted by atomic mass is 10.1. The Morgan fingerprint density at radius 3 is 2.61 bits per heavy atom. The van der Waals surface area contributed by atoms with E-state index in [0.29, 0.717) is 11.1 Å². The molecule has 0 unspecified atom stereocenters. The number of nitrogens with zero attached hydrogens (tertiary/aromatic N) is 1. The molecular weight excluding hydrogens is 302 g/mol. The molecular formula is C16H13NO6. The van der Waals surface area contributed by atoms with Crippen molar-refractivity contribution in [2.24, 2.45) is 0 Å². The third-order valence-corrected chi connectivity index (χ3v) is 3.16. The zero-order valence-electron chi connectivity index (χ0n) is 12.4. The fraction of sp³-hybridized carbons (Fsp3) is 0.125. The summed E-state index contributed by atoms with van der Waals surface area (Å²) < 4.78 is 4.77. The SMILES string of the molecule is Cc1cc(O)c(C(=O)/C=C/c2ccc(C)c([N+](=O)[O-])c2)c(=O)o1. The van der Waals surface area contributed by atoms with Crippen molar-refractivity contribution in [3.05, 3.63) is 73.3 Å². The van der Waals surface area contributed by atoms with Crippen molar-refractivity contribution < 1.29 is 19.2 Å². The van der Waals surface area contributed by atoms with E-state index in [1.807, 2.05) is 0 Å². The molecule has 1 aromatic heterocycles. The number of benzene rings is 1. The number of nitro groups is 1. The predicted octanol–water partition coefficient (Wildman–Crippen LogP) is 2.77. The molecule has 0 aliphatic heterocycles. The summed E-state index contributed by atoms with van der Waals surface area (Å²) in [4.78, 5) is 34.0. The minimum Gasteiger partial charge on any atom is -0.507 e. The number of allylic oxidation sites excluding steroid dienone is 1. The highest BCUT2D eigenvalue weighted by Gasteiger charge is 2.16. The van der Waals surface area contributed by atoms with Crippen molar-refractivity contribution in [2.75, 3.05) is 0 Å². The number of aromatic hydroxyl groups is 1. The Labute approximate surface area is 130 Å². The predicted molar refractivity (Wildman–Crippen MR) is 82.6 cm³/mol. The van der Waals surface area contributed by atoms with Crippen molar-refractivity contribution in [3.63, 3.8) is 0 Å². The van der Waals surface area contributed by atoms with Crippen LogP contribution in [0.25, 0.3) is 6.08 Å². The molecule has 0 radical (unpaired) electrons. The van der Waals surface area contributed by atoms with E-state index in [1.165, 1.54) is 25.1 Å². The first-order chi connectivity index (χ1) is 10.8. The number of carbonyl (C=O) groups is 1. The molecule has 0 spiro atoms. The van der Waals surface area contributed by atoms with Crippen LogP contribution in [0, 0.1) is 24.0 Å². The van der Waals surface area contributed by atoms with E-state index in [-0.39, 0.29) is 11.4 Å². The number of ketones is 1. The van der Waals surface area contributed by atoms with Gasteiger partial charge in [0.25, 0.3) is 5.69 Å². The van der Waals surface area contributed by atoms with Gasteiger partial charge in [-0.1, -0.05) is 18.2 Å². The smallest absolute Gasteiger partial charge is 0.351 e. The summed E-state index contributed by atoms with van der Waals surface area (Å²) in [6.45, 7) is 3.07. The van der Waals surface area contributed by atoms with Crippen LogP contribution in [-0.2, 0) is 0 Å². The van der Waals surface area contributed by atoms with Gasteiger partial charge in [0.1, 0.15) is 17.1 Å². The Hall–Kier alpha value is -3.22. The number of hydrogen-bond donors (Lipinski definition) is 1. The minimum atomic E-state index is -0.938. The number of hydrogen-bond acceptors (Lipinski definition) is 6. The first-order valence-electron chi connectivity index (χ1n) is 6.60. The van der Waals surface area contributed by atoms with Crippen LogP contribution < -0.4 is 5.63 Å². The second-order valence-corrected chi connectivity index (χ2v) is 4.91. The Morgan fingerprint density at radius 2 is 2.00 bits per heavy atom. The van der Waals surface area contributed by atoms with Crippen LogP contribution in [-0.4, -0.2) is 15.8 Å². The van der Waals surface area contributed by atoms with Crippen LogP contribution in [0.5, 0.6) is 5.75 Å². The fourth-order valence-electron chi connectivity index (χ4n) is 2.00. The minimum absolute atomic E-state index is 0.0719. The molecule has 1 aromatic carbocycles. The van der Waals surface area contributed by atoms with Gasteiger partial charge in [-0.15, -0.1) is 0 Å². The van der Waals surface area contributed by atoms with Crippen LogP contribution in [0.4, 0.5) is 5.69 Å². The Kier molecular flexibility index (Phi) is 4.40. The van der Waals surface area contributed by atoms with Gasteiger partial charge in [-0.05, 0) is 25.5 Å². The Morgan fingerprint density at radius 1 is 1.30 bits per heavy atom. The van der Waals surface area contributed by atoms with Crippen LogP contribution >= 0.6 is 0 Å². The van der Waals surface area contributed by atoms with Gasteiger partial charge in [-0.3, -0.25) is 14.9 Å². The van der Waals surface area contributed by atoms with Crippen LogP contribution in [0.15, 0.2) is 39.6 Å². The highest BCUT2D eigenvalue weighted by atomic mass is 16.6. The lowest BCUT2D eigenvalue weighted by Crippen LogP contribution is -2.12. The van der Waals surface area contributed by atoms with Crippen molar-refractivity contribution >= 4 is 17.5 Å². The zero-order valence-corrected chi connectivity index (χ0v) is 12.4. The summed E-state index contributed by atoms with van der Waals surface area (Å²) in [6.07, 6.45) is 2.38. The molecule has 7 nitrogen and oxygen atoms in total. The highest BCUT2D eigenvalue weighted by Crippen LogP contribution is 2.21. The summed E-state index contributed by atoms with van der Waals surface area (Å²) in [6, 6.07) is 5.64. The average molecular weight is 315 g/mol. The van der Waals surface area contributed by atoms with Crippen LogP contribution in [0.1, 0.15) is 27.2 Å². The summed E-state index contributed by atoms with van der Waals surface area (Å²) >= 11 is 0. The molecule has 0 bridgehead atoms. The molecule has 118 valence electrons. The van der Waals surface area contributed by atoms with E-state index >= 15 is 0 Å². The normalized spacial score (nSPS) is 10.9. The van der Waals surface area contributed by atoms with Gasteiger partial charge in [-0.25, -0.2) is 4.79 Å². The molecule has 7 heteroatoms. The van der Waals surface area contributed by atoms with Gasteiger partial charge in [0.05, 0.1) is 4.92 Å². The largest absolute Gasteiger partial charge is 0.507 e. The molecule has 0 fully saturated rings. The second kappa shape index (κ2) is 6.27. The third kappa shape index (κ3) is 3.52. The monoisotopic (exact) mass is 315 g/mol. The van der Waals surface area contributed by atoms with Crippen LogP contribution in [0.3, 0.4) is 0 Å². The van der Waals surface area contributed by atoms with Gasteiger partial charge in [0, 0.05) is 17.7 Å². The van der Waals surface area contributed by atoms with Crippen molar-refractivity contribution in [1.29, 1.82) is 0 Å². The maximum Gasteiger partial charge on any atom is 0.351 e. The fourth-order valence-corrected chi connectivity index (χ4v) is 2.00. The number of rotatable bonds is 4. The van der Waals surface area contributed by atoms with Crippen molar-refractivity contribution in [3.8, 4) is 5.75 Å². The first-order valence-corrected chi connectivity index (χ1v) is 6.60. The quantitative estimate of drug-likeness (QED) is 0.402. The number of nitro benzene ring substituents is 1. The molecule has 0 saturated heterocycles. The molecule has 0 atom stereocenters. The maximum absolute atomic E-state index is 12.0. The van der Waals surface area contributed by atoms with E-state index in [2.05, 4.69) is 0 Å². The molecule has 2 aromatic rings. The molecule has 0 aliphatic carbocycles. The summed E-state index contributed by atoms with van der Waals surface area (Å²) in [5.74, 6) is -1.04. The third-order valence-electron chi connectivity index (χ3n) is 3.16. The van der Waals surface area contributed by atoms with Gasteiger partial charge in [0.2, 0.25) is 0 Å². The van der Waals surface area contributed by atoms with E-state index < -0.39 is 27.6 Å². The summed E-state index contributed by atoms with van der Waals surface area (Å²) in [7, 11) is 0. The topological polar surface area (TPSA) is 111 Å². The molecule has 2 rings (SSSR count). The van der Waals surface area contributed by atoms with E-state index in [4.69, 9.17) is 4.42 Å². The maximum atomic E-state index is 12.0. The summed E-state index contributed by atoms with van der Waals surface area (Å²) in [5, 5.41) is 20.6. The number of aryl methyl sites for hydroxylation is 2. The van der Waals surface area contributed by atoms with Gasteiger partial charge < -0.3 is 9.52 Å². The molecule has 1 N–H and O–H groups in total. The highest BCUT2D eigenvalue weighted by molar-refractivity contribution is 6.08. The molecule has 23 heavy (non-hydrogen) atoms. The Balaban J connectivity index is 2.34. The van der Waals surface area contributed by atoms with Gasteiger partial charge in [-0.2, -0.15) is 0 Å². The van der Waals surface area contributed by atoms with E-state index in [9.17, 15) is 24.8 Å². The first kappa shape index (κ1) is 16.2. The molecule has 0 amide bonds. The van der Waals surface area contributed by atoms with Gasteiger partial charge in [0.15, 0.2) is 5.78 Å². The zero-order chi connectivity index (χ0) is 17.1. The standard InChI is InChI=1S/C16H13NO6/c1-9-3-4-11(8-12(9)17(21)22)5-6-13(18)15-14(19)7-10(2)23-16(15)20/h3-8,19H,1-2H3/b6-5+. The number of carbonyl (C=O) groups excluding carboxylic acids is 1. The second-order valence-electron chi connectivity index (χ2n) is 4.91. The van der Waals surface area contributed by atoms with Crippen LogP contribution in [0.2, 0.25) is 0 Å². The van der Waals surface area contributed by atoms with E-state index in [1.54, 1.807) is 19.1 Å². The van der Waals surface area contributed by atoms with Crippen molar-refractivity contribution in [2.45, 2.75) is 13.8 Å². The molecule has 0 saturated carbocycles.